The molecule has 0 saturated carbocycles. The van der Waals surface area contributed by atoms with Crippen molar-refractivity contribution in [3.05, 3.63) is 91.0 Å². The normalized spacial score (nSPS) is 13.4. The van der Waals surface area contributed by atoms with Crippen LogP contribution in [0.4, 0.5) is 0 Å². The summed E-state index contributed by atoms with van der Waals surface area (Å²) in [6.07, 6.45) is 0. The Morgan fingerprint density at radius 3 is 1.18 bits per heavy atom. The largest absolute Gasteiger partial charge is 0.308 e. The summed E-state index contributed by atoms with van der Waals surface area (Å²) in [6.45, 7) is 3.71. The first-order valence-corrected chi connectivity index (χ1v) is 6.80. The first kappa shape index (κ1) is 15.6. The van der Waals surface area contributed by atoms with Gasteiger partial charge in [-0.05, 0) is 13.8 Å². The lowest BCUT2D eigenvalue weighted by Gasteiger charge is -2.15. The predicted octanol–water partition coefficient (Wildman–Crippen LogP) is 3.64. The Bertz CT molecular complexity index is 619. The Hall–Kier alpha value is -2.76. The summed E-state index contributed by atoms with van der Waals surface area (Å²) in [5, 5.41) is 22.9. The van der Waals surface area contributed by atoms with Gasteiger partial charge in [-0.2, -0.15) is 0 Å². The number of hydrogen-bond donors (Lipinski definition) is 0. The molecule has 2 unspecified atom stereocenters. The van der Waals surface area contributed by atoms with Crippen LogP contribution in [0.5, 0.6) is 0 Å². The van der Waals surface area contributed by atoms with Gasteiger partial charge in [-0.1, -0.05) is 59.7 Å². The Morgan fingerprint density at radius 1 is 0.682 bits per heavy atom. The van der Waals surface area contributed by atoms with Gasteiger partial charge in [0.05, 0.1) is 0 Å². The average Bonchev–Trinajstić information content (AvgIpc) is 2.46. The fourth-order valence-electron chi connectivity index (χ4n) is 2.37. The first-order valence-electron chi connectivity index (χ1n) is 6.80. The van der Waals surface area contributed by atoms with E-state index >= 15 is 0 Å². The molecule has 22 heavy (non-hydrogen) atoms. The van der Waals surface area contributed by atoms with E-state index in [1.54, 1.807) is 48.5 Å². The lowest BCUT2D eigenvalue weighted by molar-refractivity contribution is -0.628. The van der Waals surface area contributed by atoms with Gasteiger partial charge in [0.1, 0.15) is 0 Å². The molecule has 2 aromatic rings. The van der Waals surface area contributed by atoms with E-state index in [0.717, 1.165) is 11.1 Å². The van der Waals surface area contributed by atoms with E-state index in [1.165, 1.54) is 0 Å². The third kappa shape index (κ3) is 3.28. The van der Waals surface area contributed by atoms with E-state index in [-0.39, 0.29) is 0 Å². The third-order valence-electron chi connectivity index (χ3n) is 3.59. The second kappa shape index (κ2) is 6.34. The summed E-state index contributed by atoms with van der Waals surface area (Å²) in [6, 6.07) is 10.4. The van der Waals surface area contributed by atoms with Crippen molar-refractivity contribution < 1.29 is 9.85 Å². The van der Waals surface area contributed by atoms with Crippen molar-refractivity contribution in [1.82, 2.24) is 0 Å². The molecule has 0 saturated heterocycles. The van der Waals surface area contributed by atoms with E-state index in [4.69, 9.17) is 0 Å². The second-order valence-corrected chi connectivity index (χ2v) is 5.28. The molecule has 6 heteroatoms. The zero-order chi connectivity index (χ0) is 16.3. The lowest BCUT2D eigenvalue weighted by atomic mass is 9.93. The molecule has 0 amide bonds. The monoisotopic (exact) mass is 300 g/mol. The molecule has 6 nitrogen and oxygen atoms in total. The van der Waals surface area contributed by atoms with Crippen molar-refractivity contribution in [2.75, 3.05) is 0 Å². The molecule has 2 aromatic carbocycles. The van der Waals surface area contributed by atoms with Crippen molar-refractivity contribution in [3.63, 3.8) is 0 Å². The van der Waals surface area contributed by atoms with Crippen molar-refractivity contribution in [2.24, 2.45) is 0 Å². The van der Waals surface area contributed by atoms with Crippen LogP contribution in [0.2, 0.25) is 0 Å². The number of benzene rings is 2. The van der Waals surface area contributed by atoms with Crippen LogP contribution in [0.25, 0.3) is 0 Å². The molecular formula is C16H16N2O4. The second-order valence-electron chi connectivity index (χ2n) is 5.28. The zero-order valence-corrected chi connectivity index (χ0v) is 12.3. The Kier molecular flexibility index (Phi) is 4.50. The Morgan fingerprint density at radius 2 is 0.955 bits per heavy atom. The molecule has 0 aliphatic rings. The van der Waals surface area contributed by atoms with Gasteiger partial charge < -0.3 is 0 Å². The van der Waals surface area contributed by atoms with Gasteiger partial charge in [-0.25, -0.2) is 0 Å². The van der Waals surface area contributed by atoms with E-state index in [0.29, 0.717) is 11.1 Å². The lowest BCUT2D eigenvalue weighted by Crippen LogP contribution is -2.25. The summed E-state index contributed by atoms with van der Waals surface area (Å²) in [5.41, 5.74) is 2.55. The van der Waals surface area contributed by atoms with Gasteiger partial charge in [0, 0.05) is 21.0 Å². The van der Waals surface area contributed by atoms with Gasteiger partial charge >= 0.3 is 12.1 Å². The van der Waals surface area contributed by atoms with Crippen LogP contribution in [0.1, 0.15) is 34.3 Å². The molecule has 0 bridgehead atoms. The van der Waals surface area contributed by atoms with Gasteiger partial charge in [-0.15, -0.1) is 0 Å². The fourth-order valence-corrected chi connectivity index (χ4v) is 2.37. The SMILES string of the molecule is Cc1ccc(C(C(c2ccc(C)cc2)[N+](=O)[O-])[N+](=O)[O-])cc1. The van der Waals surface area contributed by atoms with Crippen LogP contribution in [-0.2, 0) is 0 Å². The number of hydrogen-bond acceptors (Lipinski definition) is 4. The molecule has 0 aromatic heterocycles. The highest BCUT2D eigenvalue weighted by atomic mass is 16.6. The predicted molar refractivity (Wildman–Crippen MR) is 81.8 cm³/mol. The number of nitro groups is 2. The standard InChI is InChI=1S/C16H16N2O4/c1-11-3-7-13(8-4-11)15(17(19)20)16(18(21)22)14-9-5-12(2)6-10-14/h3-10,15-16H,1-2H3. The molecule has 0 fully saturated rings. The zero-order valence-electron chi connectivity index (χ0n) is 12.3. The molecule has 0 N–H and O–H groups in total. The van der Waals surface area contributed by atoms with Crippen molar-refractivity contribution in [3.8, 4) is 0 Å². The van der Waals surface area contributed by atoms with Crippen molar-refractivity contribution in [1.29, 1.82) is 0 Å². The molecule has 2 rings (SSSR count). The van der Waals surface area contributed by atoms with Crippen LogP contribution in [0.15, 0.2) is 48.5 Å². The minimum Gasteiger partial charge on any atom is -0.264 e. The van der Waals surface area contributed by atoms with E-state index in [1.807, 2.05) is 13.8 Å². The maximum absolute atomic E-state index is 11.5. The smallest absolute Gasteiger partial charge is 0.264 e. The maximum atomic E-state index is 11.5. The minimum atomic E-state index is -1.42. The highest BCUT2D eigenvalue weighted by Crippen LogP contribution is 2.34. The quantitative estimate of drug-likeness (QED) is 0.623. The number of nitrogens with zero attached hydrogens (tertiary/aromatic N) is 2. The van der Waals surface area contributed by atoms with Gasteiger partial charge in [-0.3, -0.25) is 20.2 Å². The molecule has 114 valence electrons. The Labute approximate surface area is 127 Å². The summed E-state index contributed by atoms with van der Waals surface area (Å²) in [5.74, 6) is 0. The topological polar surface area (TPSA) is 86.3 Å². The molecular weight excluding hydrogens is 284 g/mol. The van der Waals surface area contributed by atoms with Crippen molar-refractivity contribution in [2.45, 2.75) is 25.9 Å². The maximum Gasteiger partial charge on any atom is 0.308 e. The summed E-state index contributed by atoms with van der Waals surface area (Å²) in [4.78, 5) is 21.8. The summed E-state index contributed by atoms with van der Waals surface area (Å²) < 4.78 is 0. The van der Waals surface area contributed by atoms with Crippen LogP contribution in [0, 0.1) is 34.1 Å². The molecule has 0 heterocycles. The highest BCUT2D eigenvalue weighted by Gasteiger charge is 2.43. The van der Waals surface area contributed by atoms with Gasteiger partial charge in [0.2, 0.25) is 0 Å². The van der Waals surface area contributed by atoms with Crippen LogP contribution in [0.3, 0.4) is 0 Å². The molecule has 0 spiro atoms. The van der Waals surface area contributed by atoms with E-state index in [2.05, 4.69) is 0 Å². The van der Waals surface area contributed by atoms with Crippen LogP contribution in [-0.4, -0.2) is 9.85 Å². The average molecular weight is 300 g/mol. The number of rotatable bonds is 5. The molecule has 0 aliphatic heterocycles. The number of aryl methyl sites for hydroxylation is 2. The molecule has 2 atom stereocenters. The van der Waals surface area contributed by atoms with Gasteiger partial charge in [0.25, 0.3) is 0 Å². The third-order valence-corrected chi connectivity index (χ3v) is 3.59. The molecule has 0 aliphatic carbocycles. The van der Waals surface area contributed by atoms with Crippen LogP contribution >= 0.6 is 0 Å². The highest BCUT2D eigenvalue weighted by molar-refractivity contribution is 5.29. The molecule has 0 radical (unpaired) electrons. The Balaban J connectivity index is 2.51. The van der Waals surface area contributed by atoms with Gasteiger partial charge in [0.15, 0.2) is 0 Å². The minimum absolute atomic E-state index is 0.331. The van der Waals surface area contributed by atoms with E-state index < -0.39 is 21.9 Å². The first-order chi connectivity index (χ1) is 10.4. The summed E-state index contributed by atoms with van der Waals surface area (Å²) in [7, 11) is 0. The van der Waals surface area contributed by atoms with E-state index in [9.17, 15) is 20.2 Å². The summed E-state index contributed by atoms with van der Waals surface area (Å²) >= 11 is 0. The fraction of sp³-hybridized carbons (Fsp3) is 0.250. The van der Waals surface area contributed by atoms with Crippen molar-refractivity contribution >= 4 is 0 Å². The van der Waals surface area contributed by atoms with Crippen LogP contribution < -0.4 is 0 Å².